The predicted molar refractivity (Wildman–Crippen MR) is 91.2 cm³/mol. The van der Waals surface area contributed by atoms with Crippen LogP contribution in [0.2, 0.25) is 0 Å². The van der Waals surface area contributed by atoms with E-state index in [2.05, 4.69) is 26.6 Å². The first-order chi connectivity index (χ1) is 10.1. The summed E-state index contributed by atoms with van der Waals surface area (Å²) in [6.45, 7) is 4.01. The molecule has 2 N–H and O–H groups in total. The quantitative estimate of drug-likeness (QED) is 0.820. The largest absolute Gasteiger partial charge is 0.323 e. The minimum absolute atomic E-state index is 0.262. The molecule has 0 unspecified atom stereocenters. The summed E-state index contributed by atoms with van der Waals surface area (Å²) in [5.41, 5.74) is 4.08. The first-order valence-electron chi connectivity index (χ1n) is 6.62. The zero-order valence-corrected chi connectivity index (χ0v) is 13.6. The van der Waals surface area contributed by atoms with Gasteiger partial charge in [-0.1, -0.05) is 40.2 Å². The van der Waals surface area contributed by atoms with Crippen LogP contribution in [0.25, 0.3) is 6.08 Å². The second-order valence-corrected chi connectivity index (χ2v) is 5.61. The first-order valence-corrected chi connectivity index (χ1v) is 7.41. The fourth-order valence-corrected chi connectivity index (χ4v) is 2.12. The number of carbonyl (C=O) groups excluding carboxylic acids is 1. The van der Waals surface area contributed by atoms with E-state index in [0.29, 0.717) is 0 Å². The number of rotatable bonds is 3. The average molecular weight is 345 g/mol. The lowest BCUT2D eigenvalue weighted by molar-refractivity contribution is 0.255. The molecule has 0 aliphatic carbocycles. The molecule has 0 aromatic heterocycles. The molecule has 0 saturated heterocycles. The van der Waals surface area contributed by atoms with Crippen LogP contribution in [-0.2, 0) is 0 Å². The molecule has 2 rings (SSSR count). The van der Waals surface area contributed by atoms with Crippen LogP contribution in [0, 0.1) is 13.8 Å². The van der Waals surface area contributed by atoms with Crippen LogP contribution in [0.15, 0.2) is 53.1 Å². The molecule has 4 heteroatoms. The Balaban J connectivity index is 1.93. The summed E-state index contributed by atoms with van der Waals surface area (Å²) >= 11 is 3.43. The summed E-state index contributed by atoms with van der Waals surface area (Å²) < 4.78 is 1.02. The maximum atomic E-state index is 11.8. The molecule has 0 radical (unpaired) electrons. The number of anilines is 1. The zero-order valence-electron chi connectivity index (χ0n) is 12.0. The summed E-state index contributed by atoms with van der Waals surface area (Å²) in [6.07, 6.45) is 3.52. The van der Waals surface area contributed by atoms with Gasteiger partial charge in [-0.15, -0.1) is 0 Å². The van der Waals surface area contributed by atoms with Crippen molar-refractivity contribution in [2.75, 3.05) is 5.32 Å². The lowest BCUT2D eigenvalue weighted by Crippen LogP contribution is -2.23. The van der Waals surface area contributed by atoms with Crippen LogP contribution in [0.4, 0.5) is 10.5 Å². The second-order valence-electron chi connectivity index (χ2n) is 4.75. The second kappa shape index (κ2) is 7.09. The third-order valence-corrected chi connectivity index (χ3v) is 3.97. The highest BCUT2D eigenvalue weighted by atomic mass is 79.9. The van der Waals surface area contributed by atoms with Gasteiger partial charge in [-0.2, -0.15) is 0 Å². The van der Waals surface area contributed by atoms with Crippen molar-refractivity contribution in [3.63, 3.8) is 0 Å². The van der Waals surface area contributed by atoms with Crippen molar-refractivity contribution < 1.29 is 4.79 Å². The third-order valence-electron chi connectivity index (χ3n) is 3.08. The van der Waals surface area contributed by atoms with E-state index < -0.39 is 0 Å². The van der Waals surface area contributed by atoms with Gasteiger partial charge in [-0.25, -0.2) is 4.79 Å². The number of carbonyl (C=O) groups is 1. The molecule has 0 bridgehead atoms. The molecule has 0 spiro atoms. The van der Waals surface area contributed by atoms with Crippen molar-refractivity contribution in [3.05, 3.63) is 69.8 Å². The van der Waals surface area contributed by atoms with Crippen molar-refractivity contribution in [2.24, 2.45) is 0 Å². The third kappa shape index (κ3) is 4.46. The normalized spacial score (nSPS) is 10.6. The number of aryl methyl sites for hydroxylation is 2. The Morgan fingerprint density at radius 3 is 2.57 bits per heavy atom. The summed E-state index contributed by atoms with van der Waals surface area (Å²) in [6, 6.07) is 13.4. The number of urea groups is 1. The Morgan fingerprint density at radius 2 is 1.86 bits per heavy atom. The van der Waals surface area contributed by atoms with Gasteiger partial charge in [0.1, 0.15) is 0 Å². The standard InChI is InChI=1S/C17H17BrN2O/c1-12-5-3-4-6-14(12)9-10-19-17(21)20-15-7-8-16(18)13(2)11-15/h3-11H,1-2H3,(H2,19,20,21)/b10-9+. The lowest BCUT2D eigenvalue weighted by Gasteiger charge is -2.06. The molecule has 0 aliphatic rings. The Labute approximate surface area is 133 Å². The number of halogens is 1. The monoisotopic (exact) mass is 344 g/mol. The van der Waals surface area contributed by atoms with Gasteiger partial charge in [-0.3, -0.25) is 0 Å². The predicted octanol–water partition coefficient (Wildman–Crippen LogP) is 4.86. The van der Waals surface area contributed by atoms with Crippen LogP contribution < -0.4 is 10.6 Å². The van der Waals surface area contributed by atoms with Crippen LogP contribution in [0.1, 0.15) is 16.7 Å². The van der Waals surface area contributed by atoms with Gasteiger partial charge in [0.2, 0.25) is 0 Å². The van der Waals surface area contributed by atoms with E-state index in [1.54, 1.807) is 6.20 Å². The van der Waals surface area contributed by atoms with Gasteiger partial charge in [0.25, 0.3) is 0 Å². The maximum absolute atomic E-state index is 11.8. The Hall–Kier alpha value is -2.07. The number of hydrogen-bond acceptors (Lipinski definition) is 1. The van der Waals surface area contributed by atoms with Crippen molar-refractivity contribution in [2.45, 2.75) is 13.8 Å². The minimum atomic E-state index is -0.262. The molecule has 108 valence electrons. The highest BCUT2D eigenvalue weighted by Crippen LogP contribution is 2.19. The Bertz CT molecular complexity index is 680. The van der Waals surface area contributed by atoms with Gasteiger partial charge in [-0.05, 0) is 54.8 Å². The van der Waals surface area contributed by atoms with Gasteiger partial charge in [0, 0.05) is 16.4 Å². The molecule has 3 nitrogen and oxygen atoms in total. The van der Waals surface area contributed by atoms with Crippen molar-refractivity contribution in [1.82, 2.24) is 5.32 Å². The molecular formula is C17H17BrN2O. The van der Waals surface area contributed by atoms with Crippen molar-refractivity contribution >= 4 is 33.7 Å². The smallest absolute Gasteiger partial charge is 0.314 e. The van der Waals surface area contributed by atoms with E-state index in [1.165, 1.54) is 5.56 Å². The van der Waals surface area contributed by atoms with Crippen molar-refractivity contribution in [1.29, 1.82) is 0 Å². The SMILES string of the molecule is Cc1cc(NC(=O)N/C=C/c2ccccc2C)ccc1Br. The molecule has 2 aromatic rings. The number of nitrogens with one attached hydrogen (secondary N) is 2. The van der Waals surface area contributed by atoms with Crippen LogP contribution in [0.3, 0.4) is 0 Å². The van der Waals surface area contributed by atoms with E-state index in [0.717, 1.165) is 21.3 Å². The molecule has 0 fully saturated rings. The van der Waals surface area contributed by atoms with Crippen LogP contribution in [0.5, 0.6) is 0 Å². The highest BCUT2D eigenvalue weighted by Gasteiger charge is 2.01. The minimum Gasteiger partial charge on any atom is -0.314 e. The first kappa shape index (κ1) is 15.3. The number of amides is 2. The van der Waals surface area contributed by atoms with E-state index in [9.17, 15) is 4.79 Å². The van der Waals surface area contributed by atoms with Gasteiger partial charge >= 0.3 is 6.03 Å². The fraction of sp³-hybridized carbons (Fsp3) is 0.118. The average Bonchev–Trinajstić information content (AvgIpc) is 2.45. The fourth-order valence-electron chi connectivity index (χ4n) is 1.87. The van der Waals surface area contributed by atoms with E-state index in [-0.39, 0.29) is 6.03 Å². The van der Waals surface area contributed by atoms with Gasteiger partial charge in [0.15, 0.2) is 0 Å². The summed E-state index contributed by atoms with van der Waals surface area (Å²) in [7, 11) is 0. The zero-order chi connectivity index (χ0) is 15.2. The highest BCUT2D eigenvalue weighted by molar-refractivity contribution is 9.10. The van der Waals surface area contributed by atoms with Gasteiger partial charge < -0.3 is 10.6 Å². The van der Waals surface area contributed by atoms with E-state index >= 15 is 0 Å². The molecular weight excluding hydrogens is 328 g/mol. The maximum Gasteiger partial charge on any atom is 0.323 e. The van der Waals surface area contributed by atoms with E-state index in [4.69, 9.17) is 0 Å². The topological polar surface area (TPSA) is 41.1 Å². The number of hydrogen-bond donors (Lipinski definition) is 2. The van der Waals surface area contributed by atoms with E-state index in [1.807, 2.05) is 62.4 Å². The summed E-state index contributed by atoms with van der Waals surface area (Å²) in [4.78, 5) is 11.8. The van der Waals surface area contributed by atoms with Gasteiger partial charge in [0.05, 0.1) is 0 Å². The molecule has 2 aromatic carbocycles. The summed E-state index contributed by atoms with van der Waals surface area (Å²) in [5, 5.41) is 5.49. The number of benzene rings is 2. The van der Waals surface area contributed by atoms with Crippen LogP contribution >= 0.6 is 15.9 Å². The molecule has 2 amide bonds. The van der Waals surface area contributed by atoms with Crippen molar-refractivity contribution in [3.8, 4) is 0 Å². The summed E-state index contributed by atoms with van der Waals surface area (Å²) in [5.74, 6) is 0. The van der Waals surface area contributed by atoms with Crippen LogP contribution in [-0.4, -0.2) is 6.03 Å². The molecule has 21 heavy (non-hydrogen) atoms. The Morgan fingerprint density at radius 1 is 1.10 bits per heavy atom. The molecule has 0 heterocycles. The lowest BCUT2D eigenvalue weighted by atomic mass is 10.1. The molecule has 0 saturated carbocycles. The molecule has 0 atom stereocenters. The Kier molecular flexibility index (Phi) is 5.17. The molecule has 0 aliphatic heterocycles.